The zero-order valence-electron chi connectivity index (χ0n) is 12.3. The summed E-state index contributed by atoms with van der Waals surface area (Å²) in [4.78, 5) is 12.3. The molecule has 0 fully saturated rings. The van der Waals surface area contributed by atoms with Crippen LogP contribution in [-0.4, -0.2) is 37.9 Å². The molecule has 1 atom stereocenters. The number of amides is 1. The zero-order chi connectivity index (χ0) is 15.8. The van der Waals surface area contributed by atoms with Gasteiger partial charge in [-0.15, -0.1) is 0 Å². The number of para-hydroxylation sites is 1. The number of ether oxygens (including phenoxy) is 2. The van der Waals surface area contributed by atoms with E-state index in [1.165, 1.54) is 7.11 Å². The van der Waals surface area contributed by atoms with Crippen LogP contribution in [0.25, 0.3) is 0 Å². The van der Waals surface area contributed by atoms with Crippen molar-refractivity contribution in [3.63, 3.8) is 0 Å². The molecule has 0 bridgehead atoms. The van der Waals surface area contributed by atoms with Gasteiger partial charge in [-0.2, -0.15) is 11.3 Å². The van der Waals surface area contributed by atoms with Crippen molar-refractivity contribution < 1.29 is 19.4 Å². The molecule has 0 unspecified atom stereocenters. The Morgan fingerprint density at radius 2 is 2.18 bits per heavy atom. The van der Waals surface area contributed by atoms with Gasteiger partial charge < -0.3 is 19.9 Å². The molecule has 0 saturated carbocycles. The van der Waals surface area contributed by atoms with E-state index in [2.05, 4.69) is 5.32 Å². The number of aliphatic hydroxyl groups is 1. The van der Waals surface area contributed by atoms with Gasteiger partial charge in [-0.3, -0.25) is 4.79 Å². The van der Waals surface area contributed by atoms with Crippen LogP contribution in [0.5, 0.6) is 5.75 Å². The van der Waals surface area contributed by atoms with E-state index in [9.17, 15) is 4.79 Å². The first-order valence-electron chi connectivity index (χ1n) is 6.92. The largest absolute Gasteiger partial charge is 0.496 e. The van der Waals surface area contributed by atoms with E-state index >= 15 is 0 Å². The van der Waals surface area contributed by atoms with Crippen LogP contribution in [0.1, 0.15) is 22.0 Å². The Labute approximate surface area is 133 Å². The smallest absolute Gasteiger partial charge is 0.255 e. The minimum atomic E-state index is -0.281. The lowest BCUT2D eigenvalue weighted by Crippen LogP contribution is -2.30. The monoisotopic (exact) mass is 321 g/mol. The summed E-state index contributed by atoms with van der Waals surface area (Å²) < 4.78 is 10.8. The quantitative estimate of drug-likeness (QED) is 0.782. The predicted octanol–water partition coefficient (Wildman–Crippen LogP) is 2.24. The highest BCUT2D eigenvalue weighted by molar-refractivity contribution is 7.07. The minimum Gasteiger partial charge on any atom is -0.496 e. The van der Waals surface area contributed by atoms with E-state index in [0.29, 0.717) is 17.9 Å². The third kappa shape index (κ3) is 4.30. The van der Waals surface area contributed by atoms with Gasteiger partial charge in [0, 0.05) is 6.54 Å². The van der Waals surface area contributed by atoms with E-state index < -0.39 is 0 Å². The normalized spacial score (nSPS) is 11.9. The molecule has 2 N–H and O–H groups in total. The molecule has 1 aromatic carbocycles. The fraction of sp³-hybridized carbons (Fsp3) is 0.312. The molecule has 2 aromatic rings. The molecule has 0 aliphatic heterocycles. The number of carbonyl (C=O) groups is 1. The second kappa shape index (κ2) is 8.53. The molecule has 0 aliphatic rings. The Hall–Kier alpha value is -1.89. The van der Waals surface area contributed by atoms with E-state index in [-0.39, 0.29) is 25.2 Å². The molecule has 5 nitrogen and oxygen atoms in total. The SMILES string of the molecule is COc1ccccc1C(=O)NC[C@H](OCCO)c1ccsc1. The molecule has 1 heterocycles. The number of nitrogens with one attached hydrogen (secondary N) is 1. The number of rotatable bonds is 8. The maximum Gasteiger partial charge on any atom is 0.255 e. The van der Waals surface area contributed by atoms with Crippen molar-refractivity contribution in [3.8, 4) is 5.75 Å². The number of benzene rings is 1. The predicted molar refractivity (Wildman–Crippen MR) is 85.4 cm³/mol. The van der Waals surface area contributed by atoms with Crippen molar-refractivity contribution >= 4 is 17.2 Å². The van der Waals surface area contributed by atoms with Gasteiger partial charge in [0.2, 0.25) is 0 Å². The van der Waals surface area contributed by atoms with Gasteiger partial charge in [0.1, 0.15) is 11.9 Å². The molecule has 0 aliphatic carbocycles. The van der Waals surface area contributed by atoms with Crippen LogP contribution >= 0.6 is 11.3 Å². The molecule has 1 amide bonds. The summed E-state index contributed by atoms with van der Waals surface area (Å²) in [5.41, 5.74) is 1.47. The number of hydrogen-bond donors (Lipinski definition) is 2. The third-order valence-electron chi connectivity index (χ3n) is 3.12. The first-order valence-corrected chi connectivity index (χ1v) is 7.86. The molecule has 22 heavy (non-hydrogen) atoms. The van der Waals surface area contributed by atoms with Crippen molar-refractivity contribution in [2.24, 2.45) is 0 Å². The Balaban J connectivity index is 2.01. The minimum absolute atomic E-state index is 0.0545. The van der Waals surface area contributed by atoms with Gasteiger partial charge in [-0.1, -0.05) is 12.1 Å². The summed E-state index contributed by atoms with van der Waals surface area (Å²) in [7, 11) is 1.53. The summed E-state index contributed by atoms with van der Waals surface area (Å²) in [5, 5.41) is 15.7. The number of carbonyl (C=O) groups excluding carboxylic acids is 1. The highest BCUT2D eigenvalue weighted by Gasteiger charge is 2.16. The summed E-state index contributed by atoms with van der Waals surface area (Å²) in [5.74, 6) is 0.314. The zero-order valence-corrected chi connectivity index (χ0v) is 13.1. The topological polar surface area (TPSA) is 67.8 Å². The molecular formula is C16H19NO4S. The number of hydrogen-bond acceptors (Lipinski definition) is 5. The van der Waals surface area contributed by atoms with Crippen molar-refractivity contribution in [3.05, 3.63) is 52.2 Å². The average molecular weight is 321 g/mol. The standard InChI is InChI=1S/C16H19NO4S/c1-20-14-5-3-2-4-13(14)16(19)17-10-15(21-8-7-18)12-6-9-22-11-12/h2-6,9,11,15,18H,7-8,10H2,1H3,(H,17,19)/t15-/m0/s1. The van der Waals surface area contributed by atoms with E-state index in [1.807, 2.05) is 22.9 Å². The fourth-order valence-electron chi connectivity index (χ4n) is 2.04. The van der Waals surface area contributed by atoms with Gasteiger partial charge in [0.05, 0.1) is 25.9 Å². The molecule has 118 valence electrons. The lowest BCUT2D eigenvalue weighted by Gasteiger charge is -2.17. The third-order valence-corrected chi connectivity index (χ3v) is 3.83. The number of thiophene rings is 1. The van der Waals surface area contributed by atoms with Gasteiger partial charge >= 0.3 is 0 Å². The number of aliphatic hydroxyl groups excluding tert-OH is 1. The van der Waals surface area contributed by atoms with Crippen LogP contribution in [0.15, 0.2) is 41.1 Å². The van der Waals surface area contributed by atoms with Crippen LogP contribution in [0.4, 0.5) is 0 Å². The lowest BCUT2D eigenvalue weighted by molar-refractivity contribution is 0.0279. The summed E-state index contributed by atoms with van der Waals surface area (Å²) in [6.07, 6.45) is -0.281. The fourth-order valence-corrected chi connectivity index (χ4v) is 2.74. The molecule has 6 heteroatoms. The Morgan fingerprint density at radius 3 is 2.86 bits per heavy atom. The summed E-state index contributed by atoms with van der Waals surface area (Å²) >= 11 is 1.56. The average Bonchev–Trinajstić information content (AvgIpc) is 3.09. The van der Waals surface area contributed by atoms with Crippen molar-refractivity contribution in [2.75, 3.05) is 26.9 Å². The second-order valence-electron chi connectivity index (χ2n) is 4.55. The summed E-state index contributed by atoms with van der Waals surface area (Å²) in [6, 6.07) is 9.00. The highest BCUT2D eigenvalue weighted by atomic mass is 32.1. The van der Waals surface area contributed by atoms with Crippen LogP contribution in [-0.2, 0) is 4.74 Å². The molecular weight excluding hydrogens is 302 g/mol. The molecule has 0 saturated heterocycles. The number of methoxy groups -OCH3 is 1. The lowest BCUT2D eigenvalue weighted by atomic mass is 10.1. The maximum atomic E-state index is 12.3. The van der Waals surface area contributed by atoms with Crippen LogP contribution in [0.3, 0.4) is 0 Å². The Kier molecular flexibility index (Phi) is 6.39. The van der Waals surface area contributed by atoms with E-state index in [0.717, 1.165) is 5.56 Å². The van der Waals surface area contributed by atoms with Gasteiger partial charge in [0.15, 0.2) is 0 Å². The first-order chi connectivity index (χ1) is 10.8. The van der Waals surface area contributed by atoms with Crippen LogP contribution < -0.4 is 10.1 Å². The van der Waals surface area contributed by atoms with Crippen molar-refractivity contribution in [1.82, 2.24) is 5.32 Å². The van der Waals surface area contributed by atoms with Gasteiger partial charge in [0.25, 0.3) is 5.91 Å². The van der Waals surface area contributed by atoms with Gasteiger partial charge in [-0.05, 0) is 34.5 Å². The summed E-state index contributed by atoms with van der Waals surface area (Å²) in [6.45, 7) is 0.500. The van der Waals surface area contributed by atoms with Crippen LogP contribution in [0, 0.1) is 0 Å². The molecule has 2 rings (SSSR count). The van der Waals surface area contributed by atoms with E-state index in [4.69, 9.17) is 14.6 Å². The van der Waals surface area contributed by atoms with E-state index in [1.54, 1.807) is 29.5 Å². The van der Waals surface area contributed by atoms with Gasteiger partial charge in [-0.25, -0.2) is 0 Å². The van der Waals surface area contributed by atoms with Crippen molar-refractivity contribution in [1.29, 1.82) is 0 Å². The Bertz CT molecular complexity index is 586. The second-order valence-corrected chi connectivity index (χ2v) is 5.33. The van der Waals surface area contributed by atoms with Crippen LogP contribution in [0.2, 0.25) is 0 Å². The Morgan fingerprint density at radius 1 is 1.36 bits per heavy atom. The maximum absolute atomic E-state index is 12.3. The first kappa shape index (κ1) is 16.5. The van der Waals surface area contributed by atoms with Crippen molar-refractivity contribution in [2.45, 2.75) is 6.10 Å². The molecule has 1 aromatic heterocycles. The molecule has 0 radical (unpaired) electrons. The molecule has 0 spiro atoms. The highest BCUT2D eigenvalue weighted by Crippen LogP contribution is 2.21.